The molecule has 22 heavy (non-hydrogen) atoms. The van der Waals surface area contributed by atoms with Crippen LogP contribution in [0.2, 0.25) is 0 Å². The Labute approximate surface area is 128 Å². The van der Waals surface area contributed by atoms with Crippen molar-refractivity contribution in [2.45, 2.75) is 25.8 Å². The van der Waals surface area contributed by atoms with Gasteiger partial charge in [-0.25, -0.2) is 9.97 Å². The van der Waals surface area contributed by atoms with Crippen LogP contribution in [0.1, 0.15) is 29.0 Å². The van der Waals surface area contributed by atoms with Crippen molar-refractivity contribution in [3.63, 3.8) is 0 Å². The van der Waals surface area contributed by atoms with E-state index < -0.39 is 0 Å². The summed E-state index contributed by atoms with van der Waals surface area (Å²) in [7, 11) is 0. The fourth-order valence-corrected chi connectivity index (χ4v) is 2.55. The number of hydrogen-bond acceptors (Lipinski definition) is 3. The van der Waals surface area contributed by atoms with Crippen LogP contribution in [0.5, 0.6) is 0 Å². The van der Waals surface area contributed by atoms with Crippen molar-refractivity contribution >= 4 is 17.1 Å². The number of rotatable bonds is 3. The third kappa shape index (κ3) is 2.24. The minimum absolute atomic E-state index is 0.137. The van der Waals surface area contributed by atoms with Crippen molar-refractivity contribution in [1.29, 1.82) is 0 Å². The minimum Gasteiger partial charge on any atom is -0.347 e. The summed E-state index contributed by atoms with van der Waals surface area (Å²) in [5.41, 5.74) is 3.46. The number of aromatic nitrogens is 3. The Balaban J connectivity index is 1.91. The summed E-state index contributed by atoms with van der Waals surface area (Å²) in [6.07, 6.45) is 3.82. The quantitative estimate of drug-likeness (QED) is 0.807. The van der Waals surface area contributed by atoms with Crippen LogP contribution in [0.4, 0.5) is 0 Å². The molecule has 1 amide bonds. The standard InChI is InChI=1S/C17H16N4O/c1-11-4-2-5-13(10-11)21-15-14(6-3-9-18-15)20-16(21)17(22)19-12-7-8-12/h2-6,9-10,12H,7-8H2,1H3,(H,19,22). The van der Waals surface area contributed by atoms with Gasteiger partial charge < -0.3 is 5.32 Å². The normalized spacial score (nSPS) is 14.2. The van der Waals surface area contributed by atoms with Gasteiger partial charge in [0.05, 0.1) is 0 Å². The van der Waals surface area contributed by atoms with Crippen molar-refractivity contribution in [3.8, 4) is 5.69 Å². The lowest BCUT2D eigenvalue weighted by Gasteiger charge is -2.09. The Morgan fingerprint density at radius 2 is 2.14 bits per heavy atom. The third-order valence-electron chi connectivity index (χ3n) is 3.79. The van der Waals surface area contributed by atoms with Crippen LogP contribution in [-0.2, 0) is 0 Å². The van der Waals surface area contributed by atoms with Crippen molar-refractivity contribution < 1.29 is 4.79 Å². The second-order valence-corrected chi connectivity index (χ2v) is 5.70. The summed E-state index contributed by atoms with van der Waals surface area (Å²) in [6.45, 7) is 2.03. The summed E-state index contributed by atoms with van der Waals surface area (Å²) < 4.78 is 1.83. The van der Waals surface area contributed by atoms with E-state index in [2.05, 4.69) is 15.3 Å². The van der Waals surface area contributed by atoms with E-state index in [1.165, 1.54) is 0 Å². The maximum absolute atomic E-state index is 12.5. The molecule has 0 bridgehead atoms. The van der Waals surface area contributed by atoms with Gasteiger partial charge in [-0.3, -0.25) is 9.36 Å². The first-order valence-electron chi connectivity index (χ1n) is 7.44. The Morgan fingerprint density at radius 1 is 1.27 bits per heavy atom. The Hall–Kier alpha value is -2.69. The number of imidazole rings is 1. The number of pyridine rings is 1. The van der Waals surface area contributed by atoms with Crippen LogP contribution in [0, 0.1) is 6.92 Å². The summed E-state index contributed by atoms with van der Waals surface area (Å²) in [5, 5.41) is 3.01. The molecule has 5 nitrogen and oxygen atoms in total. The third-order valence-corrected chi connectivity index (χ3v) is 3.79. The molecule has 2 aromatic heterocycles. The van der Waals surface area contributed by atoms with E-state index in [4.69, 9.17) is 0 Å². The van der Waals surface area contributed by atoms with E-state index in [-0.39, 0.29) is 5.91 Å². The van der Waals surface area contributed by atoms with Crippen LogP contribution in [0.15, 0.2) is 42.6 Å². The number of carbonyl (C=O) groups is 1. The zero-order chi connectivity index (χ0) is 15.1. The monoisotopic (exact) mass is 292 g/mol. The first kappa shape index (κ1) is 13.0. The van der Waals surface area contributed by atoms with Crippen molar-refractivity contribution in [1.82, 2.24) is 19.9 Å². The largest absolute Gasteiger partial charge is 0.347 e. The van der Waals surface area contributed by atoms with Gasteiger partial charge in [-0.1, -0.05) is 12.1 Å². The van der Waals surface area contributed by atoms with Crippen molar-refractivity contribution in [2.24, 2.45) is 0 Å². The lowest BCUT2D eigenvalue weighted by molar-refractivity contribution is 0.0939. The Kier molecular flexibility index (Phi) is 2.92. The van der Waals surface area contributed by atoms with Gasteiger partial charge in [-0.15, -0.1) is 0 Å². The van der Waals surface area contributed by atoms with E-state index in [1.807, 2.05) is 47.9 Å². The van der Waals surface area contributed by atoms with Crippen LogP contribution in [0.3, 0.4) is 0 Å². The number of carbonyl (C=O) groups excluding carboxylic acids is 1. The smallest absolute Gasteiger partial charge is 0.287 e. The number of amides is 1. The maximum Gasteiger partial charge on any atom is 0.287 e. The molecule has 2 heterocycles. The van der Waals surface area contributed by atoms with Gasteiger partial charge in [0.25, 0.3) is 5.91 Å². The molecule has 1 aliphatic rings. The Morgan fingerprint density at radius 3 is 2.91 bits per heavy atom. The highest BCUT2D eigenvalue weighted by Crippen LogP contribution is 2.23. The summed E-state index contributed by atoms with van der Waals surface area (Å²) in [5.74, 6) is 0.258. The predicted molar refractivity (Wildman–Crippen MR) is 84.1 cm³/mol. The molecular formula is C17H16N4O. The zero-order valence-corrected chi connectivity index (χ0v) is 12.3. The molecule has 110 valence electrons. The Bertz CT molecular complexity index is 864. The van der Waals surface area contributed by atoms with Crippen LogP contribution < -0.4 is 5.32 Å². The number of aryl methyl sites for hydroxylation is 1. The average molecular weight is 292 g/mol. The highest BCUT2D eigenvalue weighted by molar-refractivity contribution is 5.95. The molecule has 1 aliphatic carbocycles. The molecule has 0 saturated heterocycles. The molecule has 0 unspecified atom stereocenters. The molecule has 0 atom stereocenters. The first-order chi connectivity index (χ1) is 10.7. The van der Waals surface area contributed by atoms with Gasteiger partial charge in [0.1, 0.15) is 5.52 Å². The maximum atomic E-state index is 12.5. The number of benzene rings is 1. The topological polar surface area (TPSA) is 59.8 Å². The second kappa shape index (κ2) is 4.94. The minimum atomic E-state index is -0.137. The molecule has 1 aromatic carbocycles. The van der Waals surface area contributed by atoms with E-state index in [1.54, 1.807) is 6.20 Å². The molecule has 5 heteroatoms. The molecule has 0 aliphatic heterocycles. The second-order valence-electron chi connectivity index (χ2n) is 5.70. The first-order valence-corrected chi connectivity index (χ1v) is 7.44. The van der Waals surface area contributed by atoms with Gasteiger partial charge >= 0.3 is 0 Å². The van der Waals surface area contributed by atoms with Gasteiger partial charge in [0, 0.05) is 17.9 Å². The van der Waals surface area contributed by atoms with E-state index in [9.17, 15) is 4.79 Å². The van der Waals surface area contributed by atoms with Crippen LogP contribution in [-0.4, -0.2) is 26.5 Å². The summed E-state index contributed by atoms with van der Waals surface area (Å²) in [6, 6.07) is 12.0. The molecule has 1 N–H and O–H groups in total. The molecule has 4 rings (SSSR count). The van der Waals surface area contributed by atoms with Gasteiger partial charge in [0.2, 0.25) is 5.82 Å². The molecule has 1 saturated carbocycles. The number of nitrogens with zero attached hydrogens (tertiary/aromatic N) is 3. The van der Waals surface area contributed by atoms with Crippen LogP contribution >= 0.6 is 0 Å². The van der Waals surface area contributed by atoms with Gasteiger partial charge in [0.15, 0.2) is 5.65 Å². The zero-order valence-electron chi connectivity index (χ0n) is 12.3. The van der Waals surface area contributed by atoms with Crippen molar-refractivity contribution in [2.75, 3.05) is 0 Å². The average Bonchev–Trinajstić information content (AvgIpc) is 3.24. The van der Waals surface area contributed by atoms with Gasteiger partial charge in [-0.05, 0) is 49.6 Å². The summed E-state index contributed by atoms with van der Waals surface area (Å²) in [4.78, 5) is 21.4. The molecule has 1 fully saturated rings. The molecule has 0 spiro atoms. The van der Waals surface area contributed by atoms with E-state index in [0.29, 0.717) is 17.5 Å². The van der Waals surface area contributed by atoms with E-state index >= 15 is 0 Å². The fourth-order valence-electron chi connectivity index (χ4n) is 2.55. The lowest BCUT2D eigenvalue weighted by atomic mass is 10.2. The molecule has 3 aromatic rings. The number of hydrogen-bond donors (Lipinski definition) is 1. The highest BCUT2D eigenvalue weighted by atomic mass is 16.2. The lowest BCUT2D eigenvalue weighted by Crippen LogP contribution is -2.28. The number of nitrogens with one attached hydrogen (secondary N) is 1. The van der Waals surface area contributed by atoms with Crippen molar-refractivity contribution in [3.05, 3.63) is 54.0 Å². The SMILES string of the molecule is Cc1cccc(-n2c(C(=O)NC3CC3)nc3cccnc32)c1. The summed E-state index contributed by atoms with van der Waals surface area (Å²) >= 11 is 0. The highest BCUT2D eigenvalue weighted by Gasteiger charge is 2.27. The predicted octanol–water partition coefficient (Wildman–Crippen LogP) is 2.62. The van der Waals surface area contributed by atoms with Crippen LogP contribution in [0.25, 0.3) is 16.9 Å². The molecule has 0 radical (unpaired) electrons. The number of fused-ring (bicyclic) bond motifs is 1. The molecular weight excluding hydrogens is 276 g/mol. The van der Waals surface area contributed by atoms with E-state index in [0.717, 1.165) is 29.6 Å². The fraction of sp³-hybridized carbons (Fsp3) is 0.235. The van der Waals surface area contributed by atoms with Gasteiger partial charge in [-0.2, -0.15) is 0 Å².